The Hall–Kier alpha value is -0.530. The lowest BCUT2D eigenvalue weighted by Gasteiger charge is -2.21. The van der Waals surface area contributed by atoms with E-state index in [2.05, 4.69) is 31.0 Å². The zero-order chi connectivity index (χ0) is 10.8. The van der Waals surface area contributed by atoms with Crippen LogP contribution in [0, 0.1) is 5.92 Å². The van der Waals surface area contributed by atoms with Crippen LogP contribution >= 0.6 is 11.6 Å². The molecule has 15 heavy (non-hydrogen) atoms. The van der Waals surface area contributed by atoms with Crippen LogP contribution in [0.2, 0.25) is 0 Å². The number of rotatable bonds is 3. The van der Waals surface area contributed by atoms with Gasteiger partial charge in [0.1, 0.15) is 0 Å². The standard InChI is InChI=1S/C13H18ClN/c1-3-9(7-10(14)4-2)12-8-11-5-6-13(12)15-11/h3-4,7,11-13,15H,2,5-6,8H2,1H3/b9-3+,10-7+. The highest BCUT2D eigenvalue weighted by atomic mass is 35.5. The van der Waals surface area contributed by atoms with Crippen LogP contribution in [0.1, 0.15) is 26.2 Å². The number of halogens is 1. The van der Waals surface area contributed by atoms with Gasteiger partial charge in [-0.25, -0.2) is 0 Å². The first kappa shape index (κ1) is 11.0. The van der Waals surface area contributed by atoms with Crippen LogP contribution in [-0.4, -0.2) is 12.1 Å². The maximum Gasteiger partial charge on any atom is 0.0402 e. The lowest BCUT2D eigenvalue weighted by Crippen LogP contribution is -2.23. The molecule has 0 amide bonds. The number of hydrogen-bond acceptors (Lipinski definition) is 1. The molecule has 0 aromatic carbocycles. The van der Waals surface area contributed by atoms with Gasteiger partial charge in [-0.3, -0.25) is 0 Å². The minimum absolute atomic E-state index is 0.655. The fourth-order valence-corrected chi connectivity index (χ4v) is 2.94. The molecule has 2 rings (SSSR count). The summed E-state index contributed by atoms with van der Waals surface area (Å²) in [5.74, 6) is 0.655. The lowest BCUT2D eigenvalue weighted by molar-refractivity contribution is 0.466. The molecular weight excluding hydrogens is 206 g/mol. The third-order valence-corrected chi connectivity index (χ3v) is 3.82. The molecule has 2 heteroatoms. The lowest BCUT2D eigenvalue weighted by atomic mass is 9.83. The van der Waals surface area contributed by atoms with E-state index in [1.165, 1.54) is 24.8 Å². The number of fused-ring (bicyclic) bond motifs is 2. The second-order valence-corrected chi connectivity index (χ2v) is 4.85. The number of allylic oxidation sites excluding steroid dienone is 4. The Bertz CT molecular complexity index is 316. The van der Waals surface area contributed by atoms with Crippen LogP contribution < -0.4 is 5.32 Å². The van der Waals surface area contributed by atoms with Crippen molar-refractivity contribution in [3.8, 4) is 0 Å². The summed E-state index contributed by atoms with van der Waals surface area (Å²) in [6.45, 7) is 5.77. The molecule has 2 saturated heterocycles. The topological polar surface area (TPSA) is 12.0 Å². The van der Waals surface area contributed by atoms with Gasteiger partial charge in [0.25, 0.3) is 0 Å². The molecule has 1 N–H and O–H groups in total. The van der Waals surface area contributed by atoms with Gasteiger partial charge in [0.15, 0.2) is 0 Å². The minimum Gasteiger partial charge on any atom is -0.311 e. The Kier molecular flexibility index (Phi) is 3.32. The Morgan fingerprint density at radius 2 is 2.27 bits per heavy atom. The largest absolute Gasteiger partial charge is 0.311 e. The van der Waals surface area contributed by atoms with Gasteiger partial charge in [0, 0.05) is 23.0 Å². The summed E-state index contributed by atoms with van der Waals surface area (Å²) in [5.41, 5.74) is 1.36. The van der Waals surface area contributed by atoms with Crippen LogP contribution in [0.4, 0.5) is 0 Å². The van der Waals surface area contributed by atoms with Crippen molar-refractivity contribution in [2.45, 2.75) is 38.3 Å². The van der Waals surface area contributed by atoms with E-state index in [1.54, 1.807) is 6.08 Å². The third-order valence-electron chi connectivity index (χ3n) is 3.56. The molecule has 0 saturated carbocycles. The molecule has 2 aliphatic heterocycles. The van der Waals surface area contributed by atoms with Crippen molar-refractivity contribution in [2.24, 2.45) is 5.92 Å². The predicted molar refractivity (Wildman–Crippen MR) is 65.9 cm³/mol. The Morgan fingerprint density at radius 3 is 2.73 bits per heavy atom. The summed E-state index contributed by atoms with van der Waals surface area (Å²) in [5, 5.41) is 4.39. The average molecular weight is 224 g/mol. The summed E-state index contributed by atoms with van der Waals surface area (Å²) >= 11 is 6.00. The van der Waals surface area contributed by atoms with Gasteiger partial charge >= 0.3 is 0 Å². The highest BCUT2D eigenvalue weighted by Crippen LogP contribution is 2.38. The summed E-state index contributed by atoms with van der Waals surface area (Å²) in [6, 6.07) is 1.41. The van der Waals surface area contributed by atoms with E-state index < -0.39 is 0 Å². The number of hydrogen-bond donors (Lipinski definition) is 1. The molecule has 2 fully saturated rings. The maximum absolute atomic E-state index is 6.00. The van der Waals surface area contributed by atoms with Gasteiger partial charge in [-0.05, 0) is 37.8 Å². The fourth-order valence-electron chi connectivity index (χ4n) is 2.82. The summed E-state index contributed by atoms with van der Waals surface area (Å²) in [7, 11) is 0. The van der Waals surface area contributed by atoms with Gasteiger partial charge in [0.05, 0.1) is 0 Å². The molecule has 1 nitrogen and oxygen atoms in total. The second kappa shape index (κ2) is 4.54. The van der Waals surface area contributed by atoms with E-state index in [9.17, 15) is 0 Å². The monoisotopic (exact) mass is 223 g/mol. The van der Waals surface area contributed by atoms with Gasteiger partial charge in [-0.1, -0.05) is 30.3 Å². The van der Waals surface area contributed by atoms with E-state index >= 15 is 0 Å². The van der Waals surface area contributed by atoms with Crippen molar-refractivity contribution in [3.05, 3.63) is 35.4 Å². The Labute approximate surface area is 96.9 Å². The smallest absolute Gasteiger partial charge is 0.0402 e. The second-order valence-electron chi connectivity index (χ2n) is 4.41. The molecule has 0 radical (unpaired) electrons. The highest BCUT2D eigenvalue weighted by Gasteiger charge is 2.39. The van der Waals surface area contributed by atoms with Crippen LogP contribution in [0.3, 0.4) is 0 Å². The summed E-state index contributed by atoms with van der Waals surface area (Å²) < 4.78 is 0. The quantitative estimate of drug-likeness (QED) is 0.724. The normalized spacial score (nSPS) is 36.0. The van der Waals surface area contributed by atoms with Crippen LogP contribution in [0.15, 0.2) is 35.4 Å². The fraction of sp³-hybridized carbons (Fsp3) is 0.538. The molecule has 0 aliphatic carbocycles. The van der Waals surface area contributed by atoms with Gasteiger partial charge in [-0.15, -0.1) is 0 Å². The van der Waals surface area contributed by atoms with E-state index in [0.29, 0.717) is 12.0 Å². The molecule has 2 aliphatic rings. The highest BCUT2D eigenvalue weighted by molar-refractivity contribution is 6.31. The summed E-state index contributed by atoms with van der Waals surface area (Å²) in [6.07, 6.45) is 9.86. The van der Waals surface area contributed by atoms with Crippen molar-refractivity contribution in [3.63, 3.8) is 0 Å². The Morgan fingerprint density at radius 1 is 1.47 bits per heavy atom. The van der Waals surface area contributed by atoms with Crippen LogP contribution in [0.25, 0.3) is 0 Å². The van der Waals surface area contributed by atoms with Crippen molar-refractivity contribution in [1.29, 1.82) is 0 Å². The van der Waals surface area contributed by atoms with Crippen molar-refractivity contribution < 1.29 is 0 Å². The van der Waals surface area contributed by atoms with Crippen LogP contribution in [-0.2, 0) is 0 Å². The molecule has 2 bridgehead atoms. The van der Waals surface area contributed by atoms with Crippen molar-refractivity contribution in [2.75, 3.05) is 0 Å². The van der Waals surface area contributed by atoms with Crippen molar-refractivity contribution >= 4 is 11.6 Å². The molecular formula is C13H18ClN. The first-order valence-electron chi connectivity index (χ1n) is 5.66. The molecule has 82 valence electrons. The van der Waals surface area contributed by atoms with Gasteiger partial charge in [-0.2, -0.15) is 0 Å². The molecule has 0 spiro atoms. The molecule has 0 aromatic rings. The predicted octanol–water partition coefficient (Wildman–Crippen LogP) is 3.38. The molecule has 3 unspecified atom stereocenters. The molecule has 0 aromatic heterocycles. The third kappa shape index (κ3) is 2.19. The maximum atomic E-state index is 6.00. The minimum atomic E-state index is 0.655. The average Bonchev–Trinajstić information content (AvgIpc) is 2.86. The van der Waals surface area contributed by atoms with Crippen molar-refractivity contribution in [1.82, 2.24) is 5.32 Å². The SMILES string of the molecule is C=C/C(Cl)=C\C(=C/C)C1CC2CCC1N2. The van der Waals surface area contributed by atoms with E-state index in [-0.39, 0.29) is 0 Å². The molecule has 2 heterocycles. The van der Waals surface area contributed by atoms with Gasteiger partial charge < -0.3 is 5.32 Å². The first-order valence-corrected chi connectivity index (χ1v) is 6.04. The zero-order valence-corrected chi connectivity index (χ0v) is 9.93. The summed E-state index contributed by atoms with van der Waals surface area (Å²) in [4.78, 5) is 0. The first-order chi connectivity index (χ1) is 7.24. The zero-order valence-electron chi connectivity index (χ0n) is 9.17. The van der Waals surface area contributed by atoms with E-state index in [4.69, 9.17) is 11.6 Å². The van der Waals surface area contributed by atoms with E-state index in [0.717, 1.165) is 11.1 Å². The van der Waals surface area contributed by atoms with Crippen LogP contribution in [0.5, 0.6) is 0 Å². The number of nitrogens with one attached hydrogen (secondary N) is 1. The van der Waals surface area contributed by atoms with Gasteiger partial charge in [0.2, 0.25) is 0 Å². The molecule has 3 atom stereocenters. The van der Waals surface area contributed by atoms with E-state index in [1.807, 2.05) is 0 Å². The Balaban J connectivity index is 2.12.